The first-order valence-electron chi connectivity index (χ1n) is 5.08. The third kappa shape index (κ3) is 5.46. The molecule has 0 aliphatic heterocycles. The van der Waals surface area contributed by atoms with Crippen LogP contribution in [0.5, 0.6) is 0 Å². The number of methoxy groups -OCH3 is 1. The van der Waals surface area contributed by atoms with E-state index in [-0.39, 0.29) is 12.4 Å². The molecule has 0 atom stereocenters. The second kappa shape index (κ2) is 6.36. The molecule has 0 aliphatic carbocycles. The lowest BCUT2D eigenvalue weighted by molar-refractivity contribution is -0.113. The van der Waals surface area contributed by atoms with Gasteiger partial charge in [0.15, 0.2) is 9.84 Å². The van der Waals surface area contributed by atoms with Gasteiger partial charge < -0.3 is 10.1 Å². The van der Waals surface area contributed by atoms with Crippen LogP contribution in [0.2, 0.25) is 0 Å². The summed E-state index contributed by atoms with van der Waals surface area (Å²) in [5.74, 6) is -1.20. The average Bonchev–Trinajstić information content (AvgIpc) is 2.27. The van der Waals surface area contributed by atoms with Crippen molar-refractivity contribution in [2.75, 3.05) is 30.5 Å². The number of benzene rings is 1. The van der Waals surface area contributed by atoms with Crippen molar-refractivity contribution in [3.63, 3.8) is 0 Å². The molecule has 1 aromatic carbocycles. The van der Waals surface area contributed by atoms with Gasteiger partial charge in [-0.2, -0.15) is 0 Å². The first-order chi connectivity index (χ1) is 8.03. The van der Waals surface area contributed by atoms with Gasteiger partial charge in [-0.1, -0.05) is 18.2 Å². The van der Waals surface area contributed by atoms with E-state index in [9.17, 15) is 13.2 Å². The first-order valence-corrected chi connectivity index (χ1v) is 6.90. The van der Waals surface area contributed by atoms with Crippen LogP contribution in [0.25, 0.3) is 0 Å². The fourth-order valence-electron chi connectivity index (χ4n) is 1.20. The molecular weight excluding hydrogens is 242 g/mol. The van der Waals surface area contributed by atoms with Crippen LogP contribution in [-0.2, 0) is 19.4 Å². The van der Waals surface area contributed by atoms with Crippen molar-refractivity contribution in [3.05, 3.63) is 30.3 Å². The molecule has 0 saturated heterocycles. The first kappa shape index (κ1) is 13.7. The number of hydrogen-bond acceptors (Lipinski definition) is 4. The molecule has 6 heteroatoms. The maximum absolute atomic E-state index is 11.5. The molecule has 0 bridgehead atoms. The summed E-state index contributed by atoms with van der Waals surface area (Å²) in [5.41, 5.74) is 0.583. The van der Waals surface area contributed by atoms with Crippen LogP contribution in [0.1, 0.15) is 0 Å². The van der Waals surface area contributed by atoms with Crippen molar-refractivity contribution in [2.24, 2.45) is 0 Å². The van der Waals surface area contributed by atoms with E-state index in [1.165, 1.54) is 7.11 Å². The van der Waals surface area contributed by atoms with Crippen molar-refractivity contribution >= 4 is 21.4 Å². The molecule has 0 aromatic heterocycles. The van der Waals surface area contributed by atoms with E-state index >= 15 is 0 Å². The number of anilines is 1. The van der Waals surface area contributed by atoms with E-state index < -0.39 is 21.5 Å². The lowest BCUT2D eigenvalue weighted by Crippen LogP contribution is -2.26. The molecule has 0 heterocycles. The standard InChI is InChI=1S/C11H15NO4S/c1-16-7-8-17(14,15)9-11(13)12-10-5-3-2-4-6-10/h2-6H,7-9H2,1H3,(H,12,13). The Morgan fingerprint density at radius 2 is 1.94 bits per heavy atom. The molecule has 0 spiro atoms. The molecular formula is C11H15NO4S. The Hall–Kier alpha value is -1.40. The third-order valence-corrected chi connectivity index (χ3v) is 3.50. The van der Waals surface area contributed by atoms with E-state index in [1.54, 1.807) is 24.3 Å². The monoisotopic (exact) mass is 257 g/mol. The highest BCUT2D eigenvalue weighted by molar-refractivity contribution is 7.92. The number of amides is 1. The summed E-state index contributed by atoms with van der Waals surface area (Å²) in [4.78, 5) is 11.5. The van der Waals surface area contributed by atoms with E-state index in [0.29, 0.717) is 5.69 Å². The Morgan fingerprint density at radius 1 is 1.29 bits per heavy atom. The van der Waals surface area contributed by atoms with Gasteiger partial charge >= 0.3 is 0 Å². The number of ether oxygens (including phenoxy) is 1. The normalized spacial score (nSPS) is 11.1. The molecule has 0 aliphatic rings. The molecule has 0 saturated carbocycles. The van der Waals surface area contributed by atoms with Crippen molar-refractivity contribution in [2.45, 2.75) is 0 Å². The summed E-state index contributed by atoms with van der Waals surface area (Å²) in [6.45, 7) is 0.0982. The smallest absolute Gasteiger partial charge is 0.239 e. The van der Waals surface area contributed by atoms with Crippen LogP contribution in [-0.4, -0.2) is 39.5 Å². The number of sulfone groups is 1. The molecule has 1 amide bonds. The lowest BCUT2D eigenvalue weighted by Gasteiger charge is -2.05. The highest BCUT2D eigenvalue weighted by Crippen LogP contribution is 2.05. The Balaban J connectivity index is 2.50. The van der Waals surface area contributed by atoms with Crippen LogP contribution in [0, 0.1) is 0 Å². The van der Waals surface area contributed by atoms with Gasteiger partial charge in [0.2, 0.25) is 5.91 Å². The van der Waals surface area contributed by atoms with Gasteiger partial charge in [-0.15, -0.1) is 0 Å². The van der Waals surface area contributed by atoms with Gasteiger partial charge in [0.05, 0.1) is 12.4 Å². The Labute approximate surface area is 101 Å². The summed E-state index contributed by atoms with van der Waals surface area (Å²) >= 11 is 0. The quantitative estimate of drug-likeness (QED) is 0.813. The van der Waals surface area contributed by atoms with E-state index in [0.717, 1.165) is 0 Å². The Kier molecular flexibility index (Phi) is 5.11. The van der Waals surface area contributed by atoms with Crippen molar-refractivity contribution in [3.8, 4) is 0 Å². The topological polar surface area (TPSA) is 72.5 Å². The summed E-state index contributed by atoms with van der Waals surface area (Å²) < 4.78 is 27.6. The number of nitrogens with one attached hydrogen (secondary N) is 1. The van der Waals surface area contributed by atoms with Crippen LogP contribution < -0.4 is 5.32 Å². The van der Waals surface area contributed by atoms with Crippen molar-refractivity contribution in [1.82, 2.24) is 0 Å². The van der Waals surface area contributed by atoms with Crippen LogP contribution in [0.3, 0.4) is 0 Å². The second-order valence-electron chi connectivity index (χ2n) is 3.50. The van der Waals surface area contributed by atoms with Crippen molar-refractivity contribution < 1.29 is 17.9 Å². The number of hydrogen-bond donors (Lipinski definition) is 1. The second-order valence-corrected chi connectivity index (χ2v) is 5.68. The Bertz CT molecular complexity index is 456. The fourth-order valence-corrected chi connectivity index (χ4v) is 2.24. The minimum atomic E-state index is -3.40. The summed E-state index contributed by atoms with van der Waals surface area (Å²) in [6.07, 6.45) is 0. The molecule has 94 valence electrons. The van der Waals surface area contributed by atoms with Gasteiger partial charge in [-0.25, -0.2) is 8.42 Å². The van der Waals surface area contributed by atoms with Gasteiger partial charge in [-0.05, 0) is 12.1 Å². The van der Waals surface area contributed by atoms with E-state index in [1.807, 2.05) is 6.07 Å². The molecule has 5 nitrogen and oxygen atoms in total. The Morgan fingerprint density at radius 3 is 2.53 bits per heavy atom. The predicted molar refractivity (Wildman–Crippen MR) is 65.6 cm³/mol. The molecule has 0 fully saturated rings. The zero-order valence-electron chi connectivity index (χ0n) is 9.55. The SMILES string of the molecule is COCCS(=O)(=O)CC(=O)Nc1ccccc1. The van der Waals surface area contributed by atoms with E-state index in [2.05, 4.69) is 10.1 Å². The zero-order valence-corrected chi connectivity index (χ0v) is 10.4. The van der Waals surface area contributed by atoms with Gasteiger partial charge in [-0.3, -0.25) is 4.79 Å². The van der Waals surface area contributed by atoms with Crippen LogP contribution >= 0.6 is 0 Å². The summed E-state index contributed by atoms with van der Waals surface area (Å²) in [5, 5.41) is 2.52. The molecule has 1 N–H and O–H groups in total. The predicted octanol–water partition coefficient (Wildman–Crippen LogP) is 0.686. The molecule has 1 rings (SSSR count). The minimum Gasteiger partial charge on any atom is -0.384 e. The minimum absolute atomic E-state index is 0.0982. The molecule has 1 aromatic rings. The van der Waals surface area contributed by atoms with Crippen molar-refractivity contribution in [1.29, 1.82) is 0 Å². The number of rotatable bonds is 6. The average molecular weight is 257 g/mol. The number of para-hydroxylation sites is 1. The zero-order chi connectivity index (χ0) is 12.7. The highest BCUT2D eigenvalue weighted by Gasteiger charge is 2.16. The summed E-state index contributed by atoms with van der Waals surface area (Å²) in [7, 11) is -1.98. The maximum atomic E-state index is 11.5. The number of carbonyl (C=O) groups excluding carboxylic acids is 1. The van der Waals surface area contributed by atoms with E-state index in [4.69, 9.17) is 0 Å². The van der Waals surface area contributed by atoms with Crippen LogP contribution in [0.4, 0.5) is 5.69 Å². The largest absolute Gasteiger partial charge is 0.384 e. The fraction of sp³-hybridized carbons (Fsp3) is 0.364. The van der Waals surface area contributed by atoms with Gasteiger partial charge in [0, 0.05) is 12.8 Å². The van der Waals surface area contributed by atoms with Gasteiger partial charge in [0.1, 0.15) is 5.75 Å². The molecule has 0 radical (unpaired) electrons. The molecule has 0 unspecified atom stereocenters. The highest BCUT2D eigenvalue weighted by atomic mass is 32.2. The third-order valence-electron chi connectivity index (χ3n) is 2.01. The number of carbonyl (C=O) groups is 1. The summed E-state index contributed by atoms with van der Waals surface area (Å²) in [6, 6.07) is 8.72. The maximum Gasteiger partial charge on any atom is 0.239 e. The lowest BCUT2D eigenvalue weighted by atomic mass is 10.3. The van der Waals surface area contributed by atoms with Gasteiger partial charge in [0.25, 0.3) is 0 Å². The molecule has 17 heavy (non-hydrogen) atoms. The van der Waals surface area contributed by atoms with Crippen LogP contribution in [0.15, 0.2) is 30.3 Å².